The quantitative estimate of drug-likeness (QED) is 0.288. The molecule has 0 fully saturated rings. The second kappa shape index (κ2) is 9.88. The van der Waals surface area contributed by atoms with Gasteiger partial charge >= 0.3 is 16.8 Å². The number of nitrogens with zero attached hydrogens (tertiary/aromatic N) is 2. The predicted octanol–water partition coefficient (Wildman–Crippen LogP) is 5.67. The van der Waals surface area contributed by atoms with Gasteiger partial charge in [0.15, 0.2) is 0 Å². The van der Waals surface area contributed by atoms with Crippen molar-refractivity contribution in [2.24, 2.45) is 10.3 Å². The van der Waals surface area contributed by atoms with Crippen molar-refractivity contribution in [3.63, 3.8) is 0 Å². The summed E-state index contributed by atoms with van der Waals surface area (Å²) in [5.74, 6) is -0.594. The summed E-state index contributed by atoms with van der Waals surface area (Å²) in [7, 11) is 0. The van der Waals surface area contributed by atoms with Gasteiger partial charge in [0.25, 0.3) is 0 Å². The number of ketones is 2. The average molecular weight is 503 g/mol. The van der Waals surface area contributed by atoms with Crippen molar-refractivity contribution in [3.8, 4) is 22.3 Å². The normalized spacial score (nSPS) is 15.1. The van der Waals surface area contributed by atoms with Crippen LogP contribution in [0.15, 0.2) is 107 Å². The first-order valence-corrected chi connectivity index (χ1v) is 10.5. The first kappa shape index (κ1) is 23.8. The molecule has 0 bridgehead atoms. The molecule has 0 heterocycles. The Hall–Kier alpha value is -4.33. The van der Waals surface area contributed by atoms with Crippen LogP contribution in [-0.4, -0.2) is 23.0 Å². The molecular weight excluding hydrogens is 487 g/mol. The summed E-state index contributed by atoms with van der Waals surface area (Å²) < 4.78 is 0. The Balaban J connectivity index is 0.000000160. The standard InChI is InChI=1S/2C14H9NO2.Co/c2*16-14-12-8-4-2-6-10(12)9-5-1-3-7-11(9)13(14)15-17;/h2*1-8,17H;/q;;+2/p-2/b2*15-13-;. The number of rotatable bonds is 0. The Morgan fingerprint density at radius 2 is 0.629 bits per heavy atom. The molecule has 35 heavy (non-hydrogen) atoms. The SMILES string of the molecule is O=C1/C(=N\[O-])c2ccccc2-c2ccccc21.O=C1/C(=N\[O-])c2ccccc2-c2ccccc21.[Co+2]. The van der Waals surface area contributed by atoms with Crippen molar-refractivity contribution in [1.29, 1.82) is 0 Å². The van der Waals surface area contributed by atoms with Crippen molar-refractivity contribution in [3.05, 3.63) is 130 Å². The van der Waals surface area contributed by atoms with E-state index in [1.165, 1.54) is 0 Å². The number of Topliss-reactive ketones (excluding diaryl/α,β-unsaturated/α-hetero) is 2. The third-order valence-electron chi connectivity index (χ3n) is 5.90. The Labute approximate surface area is 211 Å². The number of hydrogen-bond acceptors (Lipinski definition) is 6. The van der Waals surface area contributed by atoms with E-state index in [9.17, 15) is 20.0 Å². The number of carbonyl (C=O) groups excluding carboxylic acids is 2. The molecule has 0 spiro atoms. The van der Waals surface area contributed by atoms with E-state index in [1.807, 2.05) is 48.5 Å². The maximum Gasteiger partial charge on any atom is 2.00 e. The molecule has 0 saturated carbocycles. The monoisotopic (exact) mass is 503 g/mol. The first-order chi connectivity index (χ1) is 16.7. The molecule has 2 aliphatic rings. The van der Waals surface area contributed by atoms with E-state index in [4.69, 9.17) is 0 Å². The summed E-state index contributed by atoms with van der Waals surface area (Å²) in [6, 6.07) is 29.2. The van der Waals surface area contributed by atoms with Crippen molar-refractivity contribution in [2.75, 3.05) is 0 Å². The Morgan fingerprint density at radius 3 is 0.914 bits per heavy atom. The van der Waals surface area contributed by atoms with Crippen LogP contribution in [0.2, 0.25) is 0 Å². The minimum Gasteiger partial charge on any atom is -0.791 e. The van der Waals surface area contributed by atoms with Gasteiger partial charge in [-0.3, -0.25) is 9.59 Å². The van der Waals surface area contributed by atoms with Gasteiger partial charge in [0, 0.05) is 22.3 Å². The van der Waals surface area contributed by atoms with Crippen molar-refractivity contribution >= 4 is 23.0 Å². The molecule has 6 rings (SSSR count). The molecule has 0 amide bonds. The van der Waals surface area contributed by atoms with Gasteiger partial charge in [-0.05, 0) is 22.3 Å². The Bertz CT molecular complexity index is 1410. The number of hydrogen-bond donors (Lipinski definition) is 0. The second-order valence-corrected chi connectivity index (χ2v) is 7.72. The van der Waals surface area contributed by atoms with Gasteiger partial charge in [-0.2, -0.15) is 0 Å². The summed E-state index contributed by atoms with van der Waals surface area (Å²) in [5, 5.41) is 27.4. The fourth-order valence-corrected chi connectivity index (χ4v) is 4.36. The minimum absolute atomic E-state index is 0. The topological polar surface area (TPSA) is 105 Å². The van der Waals surface area contributed by atoms with Crippen LogP contribution in [0.3, 0.4) is 0 Å². The van der Waals surface area contributed by atoms with Crippen LogP contribution in [0.5, 0.6) is 0 Å². The molecule has 0 N–H and O–H groups in total. The number of carbonyl (C=O) groups is 2. The zero-order valence-electron chi connectivity index (χ0n) is 18.1. The average Bonchev–Trinajstić information content (AvgIpc) is 2.90. The van der Waals surface area contributed by atoms with Crippen LogP contribution < -0.4 is 0 Å². The van der Waals surface area contributed by atoms with Crippen molar-refractivity contribution in [1.82, 2.24) is 0 Å². The zero-order valence-corrected chi connectivity index (χ0v) is 19.1. The molecule has 171 valence electrons. The molecule has 4 aromatic rings. The molecule has 0 unspecified atom stereocenters. The molecule has 2 aliphatic carbocycles. The summed E-state index contributed by atoms with van der Waals surface area (Å²) in [5.41, 5.74) is 5.81. The van der Waals surface area contributed by atoms with Gasteiger partial charge in [-0.1, -0.05) is 97.1 Å². The number of benzene rings is 4. The fourth-order valence-electron chi connectivity index (χ4n) is 4.36. The molecule has 0 saturated heterocycles. The maximum absolute atomic E-state index is 12.1. The van der Waals surface area contributed by atoms with Gasteiger partial charge in [0.05, 0.1) is 0 Å². The zero-order chi connectivity index (χ0) is 23.7. The largest absolute Gasteiger partial charge is 2.00 e. The van der Waals surface area contributed by atoms with Gasteiger partial charge in [0.2, 0.25) is 11.6 Å². The summed E-state index contributed by atoms with van der Waals surface area (Å²) in [6.45, 7) is 0. The van der Waals surface area contributed by atoms with Gasteiger partial charge in [-0.15, -0.1) is 0 Å². The smallest absolute Gasteiger partial charge is 0.791 e. The van der Waals surface area contributed by atoms with E-state index in [-0.39, 0.29) is 39.8 Å². The van der Waals surface area contributed by atoms with E-state index < -0.39 is 0 Å². The van der Waals surface area contributed by atoms with Crippen molar-refractivity contribution < 1.29 is 26.4 Å². The molecule has 6 nitrogen and oxygen atoms in total. The van der Waals surface area contributed by atoms with E-state index in [2.05, 4.69) is 10.3 Å². The molecule has 7 heteroatoms. The first-order valence-electron chi connectivity index (χ1n) is 10.5. The van der Waals surface area contributed by atoms with E-state index in [0.717, 1.165) is 22.3 Å². The molecular formula is C28H16CoN2O4. The molecule has 0 aromatic heterocycles. The fraction of sp³-hybridized carbons (Fsp3) is 0. The van der Waals surface area contributed by atoms with Crippen LogP contribution >= 0.6 is 0 Å². The van der Waals surface area contributed by atoms with E-state index in [0.29, 0.717) is 22.3 Å². The van der Waals surface area contributed by atoms with Gasteiger partial charge in [0.1, 0.15) is 11.4 Å². The van der Waals surface area contributed by atoms with Crippen LogP contribution in [0.25, 0.3) is 22.3 Å². The van der Waals surface area contributed by atoms with Crippen LogP contribution in [0.4, 0.5) is 0 Å². The molecule has 0 aliphatic heterocycles. The van der Waals surface area contributed by atoms with Crippen molar-refractivity contribution in [2.45, 2.75) is 0 Å². The van der Waals surface area contributed by atoms with Crippen LogP contribution in [0, 0.1) is 10.4 Å². The molecule has 1 radical (unpaired) electrons. The molecule has 4 aromatic carbocycles. The van der Waals surface area contributed by atoms with E-state index in [1.54, 1.807) is 48.5 Å². The Morgan fingerprint density at radius 1 is 0.400 bits per heavy atom. The van der Waals surface area contributed by atoms with Gasteiger partial charge in [-0.25, -0.2) is 0 Å². The van der Waals surface area contributed by atoms with E-state index >= 15 is 0 Å². The molecule has 0 atom stereocenters. The van der Waals surface area contributed by atoms with Crippen LogP contribution in [-0.2, 0) is 16.8 Å². The number of fused-ring (bicyclic) bond motifs is 6. The Kier molecular flexibility index (Phi) is 6.72. The summed E-state index contributed by atoms with van der Waals surface area (Å²) >= 11 is 0. The predicted molar refractivity (Wildman–Crippen MR) is 132 cm³/mol. The third kappa shape index (κ3) is 3.97. The minimum atomic E-state index is -0.297. The summed E-state index contributed by atoms with van der Waals surface area (Å²) in [6.07, 6.45) is 0. The van der Waals surface area contributed by atoms with Crippen LogP contribution in [0.1, 0.15) is 31.8 Å². The van der Waals surface area contributed by atoms with Gasteiger partial charge < -0.3 is 20.7 Å². The second-order valence-electron chi connectivity index (χ2n) is 7.72. The summed E-state index contributed by atoms with van der Waals surface area (Å²) in [4.78, 5) is 24.2. The third-order valence-corrected chi connectivity index (χ3v) is 5.90. The maximum atomic E-state index is 12.1.